The summed E-state index contributed by atoms with van der Waals surface area (Å²) in [6, 6.07) is 0. The van der Waals surface area contributed by atoms with Gasteiger partial charge in [0, 0.05) is 0 Å². The number of aliphatic hydroxyl groups is 2. The molecule has 0 aromatic carbocycles. The van der Waals surface area contributed by atoms with Crippen LogP contribution in [0.4, 0.5) is 0 Å². The van der Waals surface area contributed by atoms with E-state index in [0.29, 0.717) is 0 Å². The fourth-order valence-electron chi connectivity index (χ4n) is 0.333. The highest BCUT2D eigenvalue weighted by Crippen LogP contribution is 2.31. The second-order valence-corrected chi connectivity index (χ2v) is 6.12. The predicted molar refractivity (Wildman–Crippen MR) is 54.2 cm³/mol. The topological polar surface area (TPSA) is 76.0 Å². The van der Waals surface area contributed by atoms with Crippen LogP contribution in [0.1, 0.15) is 0 Å². The van der Waals surface area contributed by atoms with Crippen molar-refractivity contribution in [3.63, 3.8) is 0 Å². The zero-order chi connectivity index (χ0) is 11.4. The molecule has 0 saturated carbocycles. The zero-order valence-corrected chi connectivity index (χ0v) is 10.6. The van der Waals surface area contributed by atoms with Crippen molar-refractivity contribution in [1.29, 1.82) is 0 Å². The molecule has 0 aliphatic rings. The number of alkyl halides is 4. The van der Waals surface area contributed by atoms with E-state index in [0.717, 1.165) is 0 Å². The first-order valence-corrected chi connectivity index (χ1v) is 5.84. The van der Waals surface area contributed by atoms with Gasteiger partial charge in [-0.2, -0.15) is 0 Å². The molecule has 2 N–H and O–H groups in total. The second kappa shape index (κ2) is 6.09. The largest absolute Gasteiger partial charge is 0.361 e. The lowest BCUT2D eigenvalue weighted by Crippen LogP contribution is -2.20. The molecule has 0 aromatic rings. The molecule has 0 bridgehead atoms. The first-order valence-electron chi connectivity index (χ1n) is 3.10. The van der Waals surface area contributed by atoms with E-state index in [1.54, 1.807) is 0 Å². The van der Waals surface area contributed by atoms with Crippen molar-refractivity contribution >= 4 is 54.7 Å². The Hall–Kier alpha value is 1.23. The van der Waals surface area contributed by atoms with E-state index in [2.05, 4.69) is 9.05 Å². The highest BCUT2D eigenvalue weighted by Gasteiger charge is 2.23. The lowest BCUT2D eigenvalue weighted by atomic mass is 10.8. The van der Waals surface area contributed by atoms with Crippen molar-refractivity contribution in [2.24, 2.45) is 0 Å². The molecule has 0 aliphatic carbocycles. The fraction of sp³-hybridized carbons (Fsp3) is 1.00. The Labute approximate surface area is 101 Å². The smallest absolute Gasteiger partial charge is 0.319 e. The SMILES string of the molecule is O=[PH](OCC(O)(Cl)Cl)OCC(O)(Cl)Cl. The average molecular weight is 308 g/mol. The monoisotopic (exact) mass is 306 g/mol. The summed E-state index contributed by atoms with van der Waals surface area (Å²) in [5.74, 6) is 0. The van der Waals surface area contributed by atoms with Crippen molar-refractivity contribution in [3.8, 4) is 0 Å². The van der Waals surface area contributed by atoms with Crippen LogP contribution in [-0.4, -0.2) is 32.5 Å². The third-order valence-electron chi connectivity index (χ3n) is 0.727. The van der Waals surface area contributed by atoms with E-state index >= 15 is 0 Å². The third-order valence-corrected chi connectivity index (χ3v) is 1.92. The maximum Gasteiger partial charge on any atom is 0.319 e. The van der Waals surface area contributed by atoms with Gasteiger partial charge in [0.2, 0.25) is 9.04 Å². The van der Waals surface area contributed by atoms with Crippen LogP contribution in [0.15, 0.2) is 0 Å². The van der Waals surface area contributed by atoms with E-state index < -0.39 is 30.5 Å². The standard InChI is InChI=1S/C4H7Cl4O5P/c5-3(6,9)1-12-14(11)13-2-4(7,8)10/h9-10,14H,1-2H2. The van der Waals surface area contributed by atoms with Gasteiger partial charge in [-0.05, 0) is 0 Å². The van der Waals surface area contributed by atoms with Crippen LogP contribution in [0.25, 0.3) is 0 Å². The van der Waals surface area contributed by atoms with Crippen LogP contribution >= 0.6 is 54.7 Å². The van der Waals surface area contributed by atoms with Gasteiger partial charge in [-0.15, -0.1) is 0 Å². The summed E-state index contributed by atoms with van der Waals surface area (Å²) in [5, 5.41) is 17.4. The molecule has 0 atom stereocenters. The minimum Gasteiger partial charge on any atom is -0.361 e. The molecule has 0 unspecified atom stereocenters. The Kier molecular flexibility index (Phi) is 6.62. The molecule has 86 valence electrons. The first kappa shape index (κ1) is 15.2. The molecule has 0 spiro atoms. The molecule has 0 rings (SSSR count). The minimum absolute atomic E-state index is 0.614. The molecule has 0 radical (unpaired) electrons. The molecule has 0 fully saturated rings. The van der Waals surface area contributed by atoms with Crippen molar-refractivity contribution in [2.45, 2.75) is 9.04 Å². The molecular weight excluding hydrogens is 301 g/mol. The van der Waals surface area contributed by atoms with Gasteiger partial charge in [-0.25, -0.2) is 0 Å². The summed E-state index contributed by atoms with van der Waals surface area (Å²) >= 11 is 20.3. The van der Waals surface area contributed by atoms with Crippen LogP contribution in [0.5, 0.6) is 0 Å². The van der Waals surface area contributed by atoms with Crippen LogP contribution in [-0.2, 0) is 13.6 Å². The summed E-state index contributed by atoms with van der Waals surface area (Å²) in [7, 11) is -2.96. The summed E-state index contributed by atoms with van der Waals surface area (Å²) in [4.78, 5) is 0. The number of hydrogen-bond donors (Lipinski definition) is 2. The first-order chi connectivity index (χ1) is 6.10. The van der Waals surface area contributed by atoms with Gasteiger partial charge in [-0.1, -0.05) is 46.4 Å². The second-order valence-electron chi connectivity index (χ2n) is 2.16. The molecule has 0 aromatic heterocycles. The van der Waals surface area contributed by atoms with Gasteiger partial charge in [0.1, 0.15) is 13.2 Å². The lowest BCUT2D eigenvalue weighted by molar-refractivity contribution is 0.101. The van der Waals surface area contributed by atoms with E-state index in [4.69, 9.17) is 56.6 Å². The molecule has 0 amide bonds. The number of rotatable bonds is 6. The molecule has 10 heteroatoms. The lowest BCUT2D eigenvalue weighted by Gasteiger charge is -2.14. The van der Waals surface area contributed by atoms with Crippen molar-refractivity contribution in [1.82, 2.24) is 0 Å². The molecule has 0 heterocycles. The number of halogens is 4. The van der Waals surface area contributed by atoms with Gasteiger partial charge in [0.05, 0.1) is 0 Å². The number of hydrogen-bond acceptors (Lipinski definition) is 5. The van der Waals surface area contributed by atoms with Crippen LogP contribution < -0.4 is 0 Å². The van der Waals surface area contributed by atoms with Crippen molar-refractivity contribution in [2.75, 3.05) is 13.2 Å². The van der Waals surface area contributed by atoms with E-state index in [1.807, 2.05) is 0 Å². The van der Waals surface area contributed by atoms with E-state index in [9.17, 15) is 4.57 Å². The summed E-state index contributed by atoms with van der Waals surface area (Å²) in [6.45, 7) is -1.23. The Morgan fingerprint density at radius 1 is 1.00 bits per heavy atom. The van der Waals surface area contributed by atoms with Gasteiger partial charge in [0.25, 0.3) is 0 Å². The van der Waals surface area contributed by atoms with Crippen LogP contribution in [0, 0.1) is 0 Å². The maximum atomic E-state index is 10.8. The minimum atomic E-state index is -2.96. The summed E-state index contributed by atoms with van der Waals surface area (Å²) < 4.78 is 15.3. The molecular formula is C4H7Cl4O5P. The van der Waals surface area contributed by atoms with E-state index in [-0.39, 0.29) is 0 Å². The van der Waals surface area contributed by atoms with Crippen molar-refractivity contribution in [3.05, 3.63) is 0 Å². The maximum absolute atomic E-state index is 10.8. The normalized spacial score (nSPS) is 13.6. The Bertz CT molecular complexity index is 179. The van der Waals surface area contributed by atoms with E-state index in [1.165, 1.54) is 0 Å². The zero-order valence-electron chi connectivity index (χ0n) is 6.55. The fourth-order valence-corrected chi connectivity index (χ4v) is 1.65. The van der Waals surface area contributed by atoms with Crippen LogP contribution in [0.2, 0.25) is 0 Å². The van der Waals surface area contributed by atoms with Gasteiger partial charge < -0.3 is 19.3 Å². The Morgan fingerprint density at radius 3 is 1.50 bits per heavy atom. The van der Waals surface area contributed by atoms with Crippen LogP contribution in [0.3, 0.4) is 0 Å². The van der Waals surface area contributed by atoms with Gasteiger partial charge >= 0.3 is 8.25 Å². The Balaban J connectivity index is 3.68. The third kappa shape index (κ3) is 11.3. The van der Waals surface area contributed by atoms with Gasteiger partial charge in [0.15, 0.2) is 0 Å². The average Bonchev–Trinajstić information content (AvgIpc) is 1.94. The molecule has 0 saturated heterocycles. The predicted octanol–water partition coefficient (Wildman–Crippen LogP) is 1.66. The van der Waals surface area contributed by atoms with Crippen molar-refractivity contribution < 1.29 is 23.8 Å². The molecule has 0 aliphatic heterocycles. The summed E-state index contributed by atoms with van der Waals surface area (Å²) in [5.41, 5.74) is 0. The highest BCUT2D eigenvalue weighted by molar-refractivity contribution is 7.33. The molecule has 14 heavy (non-hydrogen) atoms. The highest BCUT2D eigenvalue weighted by atomic mass is 35.5. The quantitative estimate of drug-likeness (QED) is 0.576. The van der Waals surface area contributed by atoms with Gasteiger partial charge in [-0.3, -0.25) is 4.57 Å². The molecule has 5 nitrogen and oxygen atoms in total. The Morgan fingerprint density at radius 2 is 1.29 bits per heavy atom. The summed E-state index contributed by atoms with van der Waals surface area (Å²) in [6.07, 6.45) is 0.